The van der Waals surface area contributed by atoms with Gasteiger partial charge in [0.2, 0.25) is 0 Å². The van der Waals surface area contributed by atoms with Gasteiger partial charge in [-0.3, -0.25) is 4.79 Å². The number of rotatable bonds is 9. The third-order valence-electron chi connectivity index (χ3n) is 4.39. The van der Waals surface area contributed by atoms with Crippen LogP contribution in [0.4, 0.5) is 5.69 Å². The minimum atomic E-state index is -0.380. The molecule has 5 heteroatoms. The predicted octanol–water partition coefficient (Wildman–Crippen LogP) is 3.75. The van der Waals surface area contributed by atoms with E-state index in [1.165, 1.54) is 5.69 Å². The van der Waals surface area contributed by atoms with Crippen LogP contribution >= 0.6 is 0 Å². The zero-order chi connectivity index (χ0) is 19.6. The monoisotopic (exact) mass is 365 g/mol. The average molecular weight is 365 g/mol. The first-order valence-corrected chi connectivity index (χ1v) is 9.39. The van der Waals surface area contributed by atoms with E-state index in [0.717, 1.165) is 29.4 Å². The van der Waals surface area contributed by atoms with Gasteiger partial charge in [-0.1, -0.05) is 18.2 Å². The van der Waals surface area contributed by atoms with Crippen LogP contribution in [-0.2, 0) is 9.53 Å². The van der Waals surface area contributed by atoms with Crippen molar-refractivity contribution in [3.8, 4) is 6.07 Å². The van der Waals surface area contributed by atoms with Crippen LogP contribution in [-0.4, -0.2) is 38.8 Å². The number of hydrogen-bond donors (Lipinski definition) is 1. The lowest BCUT2D eigenvalue weighted by atomic mass is 10.0. The Morgan fingerprint density at radius 2 is 1.85 bits per heavy atom. The van der Waals surface area contributed by atoms with E-state index in [-0.39, 0.29) is 11.5 Å². The molecular weight excluding hydrogens is 338 g/mol. The molecule has 0 saturated carbocycles. The van der Waals surface area contributed by atoms with E-state index in [1.807, 2.05) is 31.2 Å². The molecule has 0 aromatic heterocycles. The predicted molar refractivity (Wildman–Crippen MR) is 111 cm³/mol. The molecule has 0 saturated heterocycles. The van der Waals surface area contributed by atoms with Crippen molar-refractivity contribution in [2.24, 2.45) is 0 Å². The summed E-state index contributed by atoms with van der Waals surface area (Å²) in [6.07, 6.45) is 1.62. The van der Waals surface area contributed by atoms with Gasteiger partial charge in [-0.2, -0.15) is 5.26 Å². The first-order chi connectivity index (χ1) is 13.1. The molecule has 0 spiro atoms. The van der Waals surface area contributed by atoms with E-state index in [0.29, 0.717) is 19.8 Å². The second kappa shape index (κ2) is 10.3. The number of nitrogens with zero attached hydrogens (tertiary/aromatic N) is 2. The molecule has 0 fully saturated rings. The van der Waals surface area contributed by atoms with Crippen LogP contribution in [0.3, 0.4) is 0 Å². The Morgan fingerprint density at radius 3 is 2.52 bits per heavy atom. The minimum Gasteiger partial charge on any atom is -0.380 e. The van der Waals surface area contributed by atoms with Crippen molar-refractivity contribution in [3.05, 3.63) is 47.5 Å². The van der Waals surface area contributed by atoms with E-state index < -0.39 is 0 Å². The third-order valence-corrected chi connectivity index (χ3v) is 4.39. The highest BCUT2D eigenvalue weighted by molar-refractivity contribution is 6.02. The Bertz CT molecular complexity index is 848. The summed E-state index contributed by atoms with van der Waals surface area (Å²) in [5.74, 6) is -0.380. The Kier molecular flexibility index (Phi) is 7.84. The van der Waals surface area contributed by atoms with Gasteiger partial charge in [0, 0.05) is 31.9 Å². The molecule has 2 aromatic rings. The van der Waals surface area contributed by atoms with Gasteiger partial charge in [0.05, 0.1) is 6.61 Å². The molecule has 0 aliphatic heterocycles. The highest BCUT2D eigenvalue weighted by Gasteiger charge is 2.09. The number of ether oxygens (including phenoxy) is 1. The van der Waals surface area contributed by atoms with Crippen LogP contribution in [0.15, 0.2) is 42.0 Å². The van der Waals surface area contributed by atoms with Crippen molar-refractivity contribution in [2.45, 2.75) is 20.8 Å². The number of carbonyl (C=O) groups excluding carboxylic acids is 1. The van der Waals surface area contributed by atoms with Crippen LogP contribution in [0.5, 0.6) is 0 Å². The number of nitrogens with one attached hydrogen (secondary N) is 1. The summed E-state index contributed by atoms with van der Waals surface area (Å²) in [6.45, 7) is 9.54. The molecule has 0 aliphatic carbocycles. The largest absolute Gasteiger partial charge is 0.380 e. The topological polar surface area (TPSA) is 65.4 Å². The third kappa shape index (κ3) is 5.57. The lowest BCUT2D eigenvalue weighted by molar-refractivity contribution is -0.117. The first-order valence-electron chi connectivity index (χ1n) is 9.39. The number of fused-ring (bicyclic) bond motifs is 1. The molecule has 1 amide bonds. The summed E-state index contributed by atoms with van der Waals surface area (Å²) in [5, 5.41) is 14.2. The Labute approximate surface area is 161 Å². The molecule has 142 valence electrons. The zero-order valence-electron chi connectivity index (χ0n) is 16.3. The van der Waals surface area contributed by atoms with Crippen molar-refractivity contribution in [1.29, 1.82) is 5.26 Å². The molecule has 0 unspecified atom stereocenters. The summed E-state index contributed by atoms with van der Waals surface area (Å²) >= 11 is 0. The van der Waals surface area contributed by atoms with Gasteiger partial charge in [-0.15, -0.1) is 0 Å². The van der Waals surface area contributed by atoms with Gasteiger partial charge in [-0.25, -0.2) is 0 Å². The Morgan fingerprint density at radius 1 is 1.15 bits per heavy atom. The molecule has 2 aromatic carbocycles. The number of nitriles is 1. The van der Waals surface area contributed by atoms with Crippen LogP contribution in [0.2, 0.25) is 0 Å². The van der Waals surface area contributed by atoms with Gasteiger partial charge in [0.1, 0.15) is 11.6 Å². The van der Waals surface area contributed by atoms with Crippen LogP contribution in [0, 0.1) is 11.3 Å². The number of amides is 1. The molecule has 0 bridgehead atoms. The maximum Gasteiger partial charge on any atom is 0.262 e. The van der Waals surface area contributed by atoms with Gasteiger partial charge in [0.15, 0.2) is 0 Å². The fraction of sp³-hybridized carbons (Fsp3) is 0.364. The lowest BCUT2D eigenvalue weighted by Gasteiger charge is -2.21. The van der Waals surface area contributed by atoms with Gasteiger partial charge >= 0.3 is 0 Å². The quantitative estimate of drug-likeness (QED) is 0.418. The highest BCUT2D eigenvalue weighted by Crippen LogP contribution is 2.24. The van der Waals surface area contributed by atoms with Gasteiger partial charge < -0.3 is 15.0 Å². The molecule has 2 rings (SSSR count). The molecule has 0 radical (unpaired) electrons. The standard InChI is InChI=1S/C22H27N3O2/c1-4-25(5-2)21-10-9-18-13-17(7-8-19(18)15-21)14-20(16-23)22(26)24-11-12-27-6-3/h7-10,13-15H,4-6,11-12H2,1-3H3,(H,24,26)/b20-14+. The Hall–Kier alpha value is -2.84. The SMILES string of the molecule is CCOCCNC(=O)/C(C#N)=C/c1ccc2cc(N(CC)CC)ccc2c1. The fourth-order valence-corrected chi connectivity index (χ4v) is 2.92. The normalized spacial score (nSPS) is 11.3. The molecule has 27 heavy (non-hydrogen) atoms. The number of anilines is 1. The highest BCUT2D eigenvalue weighted by atomic mass is 16.5. The molecule has 0 heterocycles. The summed E-state index contributed by atoms with van der Waals surface area (Å²) in [4.78, 5) is 14.4. The van der Waals surface area contributed by atoms with Gasteiger partial charge in [0.25, 0.3) is 5.91 Å². The lowest BCUT2D eigenvalue weighted by Crippen LogP contribution is -2.28. The van der Waals surface area contributed by atoms with Crippen molar-refractivity contribution >= 4 is 28.4 Å². The van der Waals surface area contributed by atoms with Crippen molar-refractivity contribution in [3.63, 3.8) is 0 Å². The summed E-state index contributed by atoms with van der Waals surface area (Å²) in [7, 11) is 0. The zero-order valence-corrected chi connectivity index (χ0v) is 16.3. The maximum absolute atomic E-state index is 12.1. The second-order valence-corrected chi connectivity index (χ2v) is 6.09. The summed E-state index contributed by atoms with van der Waals surface area (Å²) < 4.78 is 5.19. The van der Waals surface area contributed by atoms with E-state index in [4.69, 9.17) is 4.74 Å². The maximum atomic E-state index is 12.1. The Balaban J connectivity index is 2.19. The number of benzene rings is 2. The molecule has 0 atom stereocenters. The van der Waals surface area contributed by atoms with E-state index in [2.05, 4.69) is 42.3 Å². The first kappa shape index (κ1) is 20.5. The van der Waals surface area contributed by atoms with E-state index >= 15 is 0 Å². The number of carbonyl (C=O) groups is 1. The fourth-order valence-electron chi connectivity index (χ4n) is 2.92. The molecule has 5 nitrogen and oxygen atoms in total. The second-order valence-electron chi connectivity index (χ2n) is 6.09. The van der Waals surface area contributed by atoms with E-state index in [1.54, 1.807) is 6.08 Å². The smallest absolute Gasteiger partial charge is 0.262 e. The number of hydrogen-bond acceptors (Lipinski definition) is 4. The minimum absolute atomic E-state index is 0.0885. The average Bonchev–Trinajstić information content (AvgIpc) is 2.70. The molecular formula is C22H27N3O2. The van der Waals surface area contributed by atoms with Gasteiger partial charge in [-0.05, 0) is 61.4 Å². The summed E-state index contributed by atoms with van der Waals surface area (Å²) in [6, 6.07) is 14.3. The van der Waals surface area contributed by atoms with Crippen LogP contribution in [0.1, 0.15) is 26.3 Å². The van der Waals surface area contributed by atoms with Crippen molar-refractivity contribution < 1.29 is 9.53 Å². The molecule has 0 aliphatic rings. The van der Waals surface area contributed by atoms with Crippen LogP contribution in [0.25, 0.3) is 16.8 Å². The molecule has 1 N–H and O–H groups in total. The van der Waals surface area contributed by atoms with Crippen molar-refractivity contribution in [2.75, 3.05) is 37.7 Å². The van der Waals surface area contributed by atoms with E-state index in [9.17, 15) is 10.1 Å². The van der Waals surface area contributed by atoms with Crippen LogP contribution < -0.4 is 10.2 Å². The summed E-state index contributed by atoms with van der Waals surface area (Å²) in [5.41, 5.74) is 2.11. The van der Waals surface area contributed by atoms with Crippen molar-refractivity contribution in [1.82, 2.24) is 5.32 Å².